The summed E-state index contributed by atoms with van der Waals surface area (Å²) in [7, 11) is 0. The van der Waals surface area contributed by atoms with Gasteiger partial charge in [0, 0.05) is 5.56 Å². The number of aryl methyl sites for hydroxylation is 2. The third-order valence-electron chi connectivity index (χ3n) is 2.69. The molecule has 98 valence electrons. The highest BCUT2D eigenvalue weighted by atomic mass is 35.5. The van der Waals surface area contributed by atoms with Crippen LogP contribution < -0.4 is 5.32 Å². The predicted octanol–water partition coefficient (Wildman–Crippen LogP) is 3.65. The van der Waals surface area contributed by atoms with Gasteiger partial charge in [0.25, 0.3) is 5.91 Å². The zero-order chi connectivity index (χ0) is 14.0. The molecule has 0 unspecified atom stereocenters. The Kier molecular flexibility index (Phi) is 4.02. The Labute approximate surface area is 120 Å². The number of halogens is 2. The number of nitrogens with one attached hydrogen (secondary N) is 1. The molecular formula is C13H11Cl2N3O. The number of rotatable bonds is 2. The van der Waals surface area contributed by atoms with Gasteiger partial charge in [0.1, 0.15) is 11.3 Å². The summed E-state index contributed by atoms with van der Waals surface area (Å²) in [5.74, 6) is -0.0680. The lowest BCUT2D eigenvalue weighted by molar-refractivity contribution is 0.102. The van der Waals surface area contributed by atoms with E-state index in [9.17, 15) is 4.79 Å². The second-order valence-electron chi connectivity index (χ2n) is 4.05. The van der Waals surface area contributed by atoms with E-state index in [0.717, 1.165) is 11.1 Å². The Morgan fingerprint density at radius 1 is 1.16 bits per heavy atom. The fourth-order valence-electron chi connectivity index (χ4n) is 1.78. The zero-order valence-electron chi connectivity index (χ0n) is 10.4. The van der Waals surface area contributed by atoms with Crippen LogP contribution in [0, 0.1) is 13.8 Å². The number of carbonyl (C=O) groups excluding carboxylic acids is 1. The van der Waals surface area contributed by atoms with E-state index in [1.54, 1.807) is 0 Å². The largest absolute Gasteiger partial charge is 0.305 e. The molecule has 0 fully saturated rings. The minimum atomic E-state index is -0.271. The van der Waals surface area contributed by atoms with E-state index < -0.39 is 0 Å². The minimum Gasteiger partial charge on any atom is -0.305 e. The molecule has 4 nitrogen and oxygen atoms in total. The molecule has 0 atom stereocenters. The first-order valence-electron chi connectivity index (χ1n) is 5.54. The van der Waals surface area contributed by atoms with Gasteiger partial charge in [-0.2, -0.15) is 0 Å². The van der Waals surface area contributed by atoms with Crippen LogP contribution in [0.5, 0.6) is 0 Å². The average Bonchev–Trinajstić information content (AvgIpc) is 2.35. The summed E-state index contributed by atoms with van der Waals surface area (Å²) in [6.45, 7) is 3.74. The van der Waals surface area contributed by atoms with E-state index >= 15 is 0 Å². The summed E-state index contributed by atoms with van der Waals surface area (Å²) < 4.78 is 0. The topological polar surface area (TPSA) is 54.9 Å². The van der Waals surface area contributed by atoms with Crippen LogP contribution >= 0.6 is 23.2 Å². The van der Waals surface area contributed by atoms with Crippen molar-refractivity contribution in [2.75, 3.05) is 5.32 Å². The van der Waals surface area contributed by atoms with E-state index in [-0.39, 0.29) is 21.9 Å². The summed E-state index contributed by atoms with van der Waals surface area (Å²) in [6, 6.07) is 5.64. The summed E-state index contributed by atoms with van der Waals surface area (Å²) >= 11 is 11.7. The quantitative estimate of drug-likeness (QED) is 0.861. The third kappa shape index (κ3) is 2.85. The highest BCUT2D eigenvalue weighted by molar-refractivity contribution is 6.43. The Hall–Kier alpha value is -1.65. The molecule has 0 aliphatic heterocycles. The Balaban J connectivity index is 2.34. The molecule has 6 heteroatoms. The molecule has 0 bridgehead atoms. The monoisotopic (exact) mass is 295 g/mol. The van der Waals surface area contributed by atoms with Crippen molar-refractivity contribution in [3.63, 3.8) is 0 Å². The number of nitrogens with zero attached hydrogens (tertiary/aromatic N) is 2. The van der Waals surface area contributed by atoms with E-state index in [1.165, 1.54) is 6.33 Å². The summed E-state index contributed by atoms with van der Waals surface area (Å²) in [4.78, 5) is 19.9. The SMILES string of the molecule is Cc1cccc(C)c1C(=O)Nc1ncnc(Cl)c1Cl. The molecule has 1 heterocycles. The average molecular weight is 296 g/mol. The van der Waals surface area contributed by atoms with Crippen LogP contribution in [0.4, 0.5) is 5.82 Å². The van der Waals surface area contributed by atoms with Crippen molar-refractivity contribution in [2.24, 2.45) is 0 Å². The van der Waals surface area contributed by atoms with Crippen LogP contribution in [-0.2, 0) is 0 Å². The van der Waals surface area contributed by atoms with E-state index in [4.69, 9.17) is 23.2 Å². The van der Waals surface area contributed by atoms with Crippen molar-refractivity contribution in [3.05, 3.63) is 51.4 Å². The van der Waals surface area contributed by atoms with Gasteiger partial charge in [0.05, 0.1) is 0 Å². The lowest BCUT2D eigenvalue weighted by Crippen LogP contribution is -2.16. The normalized spacial score (nSPS) is 10.3. The van der Waals surface area contributed by atoms with Gasteiger partial charge in [-0.05, 0) is 25.0 Å². The fraction of sp³-hybridized carbons (Fsp3) is 0.154. The lowest BCUT2D eigenvalue weighted by Gasteiger charge is -2.10. The number of benzene rings is 1. The number of amides is 1. The first-order valence-corrected chi connectivity index (χ1v) is 6.30. The molecule has 1 N–H and O–H groups in total. The molecule has 0 saturated carbocycles. The van der Waals surface area contributed by atoms with Crippen LogP contribution in [0.1, 0.15) is 21.5 Å². The molecule has 1 aromatic heterocycles. The maximum atomic E-state index is 12.2. The van der Waals surface area contributed by atoms with Gasteiger partial charge in [-0.1, -0.05) is 41.4 Å². The van der Waals surface area contributed by atoms with E-state index in [0.29, 0.717) is 5.56 Å². The third-order valence-corrected chi connectivity index (χ3v) is 3.43. The van der Waals surface area contributed by atoms with Gasteiger partial charge in [-0.15, -0.1) is 0 Å². The summed E-state index contributed by atoms with van der Waals surface area (Å²) in [5, 5.41) is 2.88. The first kappa shape index (κ1) is 13.8. The van der Waals surface area contributed by atoms with Crippen molar-refractivity contribution >= 4 is 34.9 Å². The molecule has 2 rings (SSSR count). The highest BCUT2D eigenvalue weighted by Crippen LogP contribution is 2.26. The van der Waals surface area contributed by atoms with Crippen molar-refractivity contribution in [1.82, 2.24) is 9.97 Å². The molecule has 0 radical (unpaired) electrons. The van der Waals surface area contributed by atoms with E-state index in [2.05, 4.69) is 15.3 Å². The maximum absolute atomic E-state index is 12.2. The molecule has 0 aliphatic rings. The molecule has 0 spiro atoms. The first-order chi connectivity index (χ1) is 9.00. The number of anilines is 1. The predicted molar refractivity (Wildman–Crippen MR) is 75.9 cm³/mol. The maximum Gasteiger partial charge on any atom is 0.257 e. The Morgan fingerprint density at radius 3 is 2.42 bits per heavy atom. The number of hydrogen-bond acceptors (Lipinski definition) is 3. The van der Waals surface area contributed by atoms with E-state index in [1.807, 2.05) is 32.0 Å². The fourth-order valence-corrected chi connectivity index (χ4v) is 2.06. The van der Waals surface area contributed by atoms with Gasteiger partial charge < -0.3 is 5.32 Å². The molecule has 1 aromatic carbocycles. The number of carbonyl (C=O) groups is 1. The van der Waals surface area contributed by atoms with Crippen molar-refractivity contribution < 1.29 is 4.79 Å². The van der Waals surface area contributed by atoms with Crippen molar-refractivity contribution in [1.29, 1.82) is 0 Å². The molecule has 1 amide bonds. The van der Waals surface area contributed by atoms with Crippen LogP contribution in [0.3, 0.4) is 0 Å². The Morgan fingerprint density at radius 2 is 1.79 bits per heavy atom. The molecule has 2 aromatic rings. The smallest absolute Gasteiger partial charge is 0.257 e. The number of hydrogen-bond donors (Lipinski definition) is 1. The van der Waals surface area contributed by atoms with Gasteiger partial charge in [-0.25, -0.2) is 9.97 Å². The molecular weight excluding hydrogens is 285 g/mol. The number of aromatic nitrogens is 2. The Bertz CT molecular complexity index is 624. The van der Waals surface area contributed by atoms with Crippen LogP contribution in [-0.4, -0.2) is 15.9 Å². The molecule has 0 aliphatic carbocycles. The van der Waals surface area contributed by atoms with Gasteiger partial charge in [0.2, 0.25) is 0 Å². The summed E-state index contributed by atoms with van der Waals surface area (Å²) in [6.07, 6.45) is 1.24. The molecule has 0 saturated heterocycles. The summed E-state index contributed by atoms with van der Waals surface area (Å²) in [5.41, 5.74) is 2.37. The second-order valence-corrected chi connectivity index (χ2v) is 4.78. The zero-order valence-corrected chi connectivity index (χ0v) is 11.9. The lowest BCUT2D eigenvalue weighted by atomic mass is 10.0. The van der Waals surface area contributed by atoms with Gasteiger partial charge in [-0.3, -0.25) is 4.79 Å². The second kappa shape index (κ2) is 5.55. The van der Waals surface area contributed by atoms with Crippen LogP contribution in [0.15, 0.2) is 24.5 Å². The minimum absolute atomic E-state index is 0.105. The molecule has 19 heavy (non-hydrogen) atoms. The van der Waals surface area contributed by atoms with Crippen molar-refractivity contribution in [2.45, 2.75) is 13.8 Å². The highest BCUT2D eigenvalue weighted by Gasteiger charge is 2.15. The van der Waals surface area contributed by atoms with Gasteiger partial charge in [0.15, 0.2) is 11.0 Å². The van der Waals surface area contributed by atoms with Crippen molar-refractivity contribution in [3.8, 4) is 0 Å². The standard InChI is InChI=1S/C13H11Cl2N3O/c1-7-4-3-5-8(2)9(7)13(19)18-12-10(14)11(15)16-6-17-12/h3-6H,1-2H3,(H,16,17,18,19). The van der Waals surface area contributed by atoms with Crippen LogP contribution in [0.2, 0.25) is 10.2 Å². The van der Waals surface area contributed by atoms with Crippen LogP contribution in [0.25, 0.3) is 0 Å². The van der Waals surface area contributed by atoms with Gasteiger partial charge >= 0.3 is 0 Å².